The molecule has 0 saturated carbocycles. The molecule has 1 rings (SSSR count). The normalized spacial score (nSPS) is 12.5. The van der Waals surface area contributed by atoms with E-state index in [0.29, 0.717) is 12.2 Å². The summed E-state index contributed by atoms with van der Waals surface area (Å²) in [6.45, 7) is 6.36. The van der Waals surface area contributed by atoms with E-state index in [-0.39, 0.29) is 11.9 Å². The van der Waals surface area contributed by atoms with E-state index in [9.17, 15) is 4.39 Å². The Hall–Kier alpha value is -0.930. The highest BCUT2D eigenvalue weighted by Crippen LogP contribution is 2.17. The summed E-state index contributed by atoms with van der Waals surface area (Å²) in [4.78, 5) is 0. The van der Waals surface area contributed by atoms with Crippen molar-refractivity contribution in [3.63, 3.8) is 0 Å². The van der Waals surface area contributed by atoms with Crippen molar-refractivity contribution >= 4 is 0 Å². The van der Waals surface area contributed by atoms with Gasteiger partial charge in [0.25, 0.3) is 0 Å². The molecule has 0 amide bonds. The highest BCUT2D eigenvalue weighted by Gasteiger charge is 2.14. The molecule has 0 fully saturated rings. The average molecular weight is 295 g/mol. The lowest BCUT2D eigenvalue weighted by atomic mass is 10.1. The monoisotopic (exact) mass is 295 g/mol. The lowest BCUT2D eigenvalue weighted by Crippen LogP contribution is -2.26. The number of benzene rings is 1. The fourth-order valence-electron chi connectivity index (χ4n) is 2.45. The third-order valence-corrected chi connectivity index (χ3v) is 3.66. The van der Waals surface area contributed by atoms with Crippen LogP contribution in [0.5, 0.6) is 0 Å². The molecule has 0 heterocycles. The number of hydrogen-bond donors (Lipinski definition) is 1. The van der Waals surface area contributed by atoms with Crippen LogP contribution in [-0.4, -0.2) is 19.8 Å². The van der Waals surface area contributed by atoms with Crippen LogP contribution in [0, 0.1) is 5.82 Å². The summed E-state index contributed by atoms with van der Waals surface area (Å²) >= 11 is 0. The maximum absolute atomic E-state index is 13.8. The minimum Gasteiger partial charge on any atom is -0.379 e. The summed E-state index contributed by atoms with van der Waals surface area (Å²) in [6, 6.07) is 6.87. The molecule has 1 N–H and O–H groups in total. The van der Waals surface area contributed by atoms with Crippen LogP contribution in [0.1, 0.15) is 64.0 Å². The van der Waals surface area contributed by atoms with Crippen molar-refractivity contribution in [2.75, 3.05) is 19.8 Å². The van der Waals surface area contributed by atoms with Crippen molar-refractivity contribution in [1.82, 2.24) is 5.32 Å². The zero-order valence-electron chi connectivity index (χ0n) is 13.5. The topological polar surface area (TPSA) is 21.3 Å². The molecule has 0 aliphatic rings. The van der Waals surface area contributed by atoms with Crippen molar-refractivity contribution in [2.24, 2.45) is 0 Å². The number of nitrogens with one attached hydrogen (secondary N) is 1. The van der Waals surface area contributed by atoms with Gasteiger partial charge in [0.05, 0.1) is 12.6 Å². The van der Waals surface area contributed by atoms with Gasteiger partial charge in [-0.15, -0.1) is 0 Å². The third kappa shape index (κ3) is 7.58. The zero-order valence-corrected chi connectivity index (χ0v) is 13.5. The maximum atomic E-state index is 13.8. The zero-order chi connectivity index (χ0) is 15.3. The molecular weight excluding hydrogens is 265 g/mol. The number of halogens is 1. The third-order valence-electron chi connectivity index (χ3n) is 3.66. The molecule has 1 unspecified atom stereocenters. The molecule has 1 aromatic rings. The highest BCUT2D eigenvalue weighted by molar-refractivity contribution is 5.21. The number of ether oxygens (including phenoxy) is 1. The van der Waals surface area contributed by atoms with Gasteiger partial charge >= 0.3 is 0 Å². The van der Waals surface area contributed by atoms with Crippen LogP contribution >= 0.6 is 0 Å². The predicted octanol–water partition coefficient (Wildman–Crippen LogP) is 4.85. The molecule has 1 atom stereocenters. The molecule has 0 aliphatic heterocycles. The molecule has 2 nitrogen and oxygen atoms in total. The van der Waals surface area contributed by atoms with Crippen molar-refractivity contribution in [2.45, 2.75) is 58.4 Å². The first-order valence-corrected chi connectivity index (χ1v) is 8.35. The largest absolute Gasteiger partial charge is 0.379 e. The van der Waals surface area contributed by atoms with E-state index in [2.05, 4.69) is 12.2 Å². The van der Waals surface area contributed by atoms with Gasteiger partial charge in [-0.25, -0.2) is 4.39 Å². The summed E-state index contributed by atoms with van der Waals surface area (Å²) < 4.78 is 19.6. The van der Waals surface area contributed by atoms with E-state index in [4.69, 9.17) is 4.74 Å². The molecule has 0 radical (unpaired) electrons. The Morgan fingerprint density at radius 1 is 1.05 bits per heavy atom. The quantitative estimate of drug-likeness (QED) is 0.556. The van der Waals surface area contributed by atoms with Gasteiger partial charge in [0, 0.05) is 12.2 Å². The molecule has 0 saturated heterocycles. The molecule has 0 aliphatic carbocycles. The van der Waals surface area contributed by atoms with Gasteiger partial charge in [-0.2, -0.15) is 0 Å². The lowest BCUT2D eigenvalue weighted by Gasteiger charge is -2.19. The molecule has 1 aromatic carbocycles. The molecule has 120 valence electrons. The van der Waals surface area contributed by atoms with Crippen LogP contribution in [0.25, 0.3) is 0 Å². The van der Waals surface area contributed by atoms with Gasteiger partial charge in [0.15, 0.2) is 0 Å². The first-order valence-electron chi connectivity index (χ1n) is 8.35. The maximum Gasteiger partial charge on any atom is 0.128 e. The van der Waals surface area contributed by atoms with Gasteiger partial charge in [0.2, 0.25) is 0 Å². The van der Waals surface area contributed by atoms with Crippen molar-refractivity contribution in [3.8, 4) is 0 Å². The molecule has 3 heteroatoms. The smallest absolute Gasteiger partial charge is 0.128 e. The first-order chi connectivity index (χ1) is 10.3. The van der Waals surface area contributed by atoms with Crippen LogP contribution in [0.3, 0.4) is 0 Å². The summed E-state index contributed by atoms with van der Waals surface area (Å²) in [7, 11) is 0. The Bertz CT molecular complexity index is 370. The Balaban J connectivity index is 2.25. The van der Waals surface area contributed by atoms with Crippen LogP contribution in [0.15, 0.2) is 24.3 Å². The minimum atomic E-state index is -0.161. The van der Waals surface area contributed by atoms with E-state index in [1.165, 1.54) is 38.2 Å². The fourth-order valence-corrected chi connectivity index (χ4v) is 2.45. The molecule has 21 heavy (non-hydrogen) atoms. The predicted molar refractivity (Wildman–Crippen MR) is 87.0 cm³/mol. The van der Waals surface area contributed by atoms with Gasteiger partial charge in [0.1, 0.15) is 5.82 Å². The van der Waals surface area contributed by atoms with Gasteiger partial charge in [-0.3, -0.25) is 0 Å². The van der Waals surface area contributed by atoms with Crippen molar-refractivity contribution in [3.05, 3.63) is 35.6 Å². The summed E-state index contributed by atoms with van der Waals surface area (Å²) in [5.74, 6) is -0.161. The number of unbranched alkanes of at least 4 members (excludes halogenated alkanes) is 5. The van der Waals surface area contributed by atoms with Crippen molar-refractivity contribution < 1.29 is 9.13 Å². The summed E-state index contributed by atoms with van der Waals surface area (Å²) in [5, 5.41) is 3.29. The lowest BCUT2D eigenvalue weighted by molar-refractivity contribution is 0.107. The highest BCUT2D eigenvalue weighted by atomic mass is 19.1. The minimum absolute atomic E-state index is 0.0590. The van der Waals surface area contributed by atoms with Gasteiger partial charge < -0.3 is 10.1 Å². The van der Waals surface area contributed by atoms with Crippen LogP contribution in [-0.2, 0) is 4.74 Å². The molecular formula is C18H30FNO. The second kappa shape index (κ2) is 11.7. The molecule has 0 bridgehead atoms. The number of likely N-dealkylation sites (N-methyl/N-ethyl adjacent to an activating group) is 1. The Labute approximate surface area is 129 Å². The van der Waals surface area contributed by atoms with E-state index in [0.717, 1.165) is 19.6 Å². The Morgan fingerprint density at radius 2 is 1.76 bits per heavy atom. The second-order valence-corrected chi connectivity index (χ2v) is 5.47. The first kappa shape index (κ1) is 18.1. The van der Waals surface area contributed by atoms with Crippen LogP contribution in [0.4, 0.5) is 4.39 Å². The average Bonchev–Trinajstić information content (AvgIpc) is 2.49. The Morgan fingerprint density at radius 3 is 2.48 bits per heavy atom. The van der Waals surface area contributed by atoms with Crippen LogP contribution in [0.2, 0.25) is 0 Å². The fraction of sp³-hybridized carbons (Fsp3) is 0.667. The summed E-state index contributed by atoms with van der Waals surface area (Å²) in [5.41, 5.74) is 0.697. The molecule has 0 spiro atoms. The van der Waals surface area contributed by atoms with Crippen molar-refractivity contribution in [1.29, 1.82) is 0 Å². The second-order valence-electron chi connectivity index (χ2n) is 5.47. The SMILES string of the molecule is CCCCCCCCOCC(NCC)c1ccccc1F. The van der Waals surface area contributed by atoms with E-state index < -0.39 is 0 Å². The standard InChI is InChI=1S/C18H30FNO/c1-3-5-6-7-8-11-14-21-15-18(20-4-2)16-12-9-10-13-17(16)19/h9-10,12-13,18,20H,3-8,11,14-15H2,1-2H3. The van der Waals surface area contributed by atoms with E-state index in [1.807, 2.05) is 19.1 Å². The summed E-state index contributed by atoms with van der Waals surface area (Å²) in [6.07, 6.45) is 7.55. The molecule has 0 aromatic heterocycles. The number of hydrogen-bond acceptors (Lipinski definition) is 2. The van der Waals surface area contributed by atoms with Gasteiger partial charge in [-0.1, -0.05) is 64.2 Å². The van der Waals surface area contributed by atoms with E-state index in [1.54, 1.807) is 6.07 Å². The van der Waals surface area contributed by atoms with Crippen LogP contribution < -0.4 is 5.32 Å². The Kier molecular flexibility index (Phi) is 10.1. The number of rotatable bonds is 12. The van der Waals surface area contributed by atoms with E-state index >= 15 is 0 Å². The van der Waals surface area contributed by atoms with Gasteiger partial charge in [-0.05, 0) is 19.0 Å².